The summed E-state index contributed by atoms with van der Waals surface area (Å²) in [5, 5.41) is 4.61. The van der Waals surface area contributed by atoms with E-state index in [0.29, 0.717) is 6.42 Å². The van der Waals surface area contributed by atoms with Crippen molar-refractivity contribution in [3.8, 4) is 11.5 Å². The fourth-order valence-corrected chi connectivity index (χ4v) is 4.14. The number of ether oxygens (including phenoxy) is 2. The van der Waals surface area contributed by atoms with E-state index in [4.69, 9.17) is 9.47 Å². The Morgan fingerprint density at radius 2 is 1.60 bits per heavy atom. The molecule has 2 unspecified atom stereocenters. The highest BCUT2D eigenvalue weighted by molar-refractivity contribution is 5.87. The first kappa shape index (κ1) is 18.5. The van der Waals surface area contributed by atoms with Crippen LogP contribution in [-0.2, 0) is 16.0 Å². The molecule has 2 atom stereocenters. The number of hydrogen-bond donors (Lipinski definition) is 2. The number of fused-ring (bicyclic) bond motifs is 3. The molecule has 30 heavy (non-hydrogen) atoms. The van der Waals surface area contributed by atoms with E-state index < -0.39 is 6.04 Å². The van der Waals surface area contributed by atoms with Gasteiger partial charge in [-0.1, -0.05) is 48.5 Å². The van der Waals surface area contributed by atoms with Gasteiger partial charge in [-0.2, -0.15) is 0 Å². The zero-order valence-corrected chi connectivity index (χ0v) is 16.6. The Morgan fingerprint density at radius 3 is 2.37 bits per heavy atom. The van der Waals surface area contributed by atoms with Gasteiger partial charge in [-0.15, -0.1) is 0 Å². The molecule has 1 aliphatic rings. The zero-order valence-electron chi connectivity index (χ0n) is 16.6. The fraction of sp³-hybridized carbons (Fsp3) is 0.160. The van der Waals surface area contributed by atoms with Gasteiger partial charge >= 0.3 is 5.97 Å². The highest BCUT2D eigenvalue weighted by Gasteiger charge is 2.34. The van der Waals surface area contributed by atoms with E-state index >= 15 is 0 Å². The van der Waals surface area contributed by atoms with Gasteiger partial charge in [-0.25, -0.2) is 0 Å². The Balaban J connectivity index is 1.50. The van der Waals surface area contributed by atoms with Crippen molar-refractivity contribution in [1.29, 1.82) is 0 Å². The number of para-hydroxylation sites is 2. The van der Waals surface area contributed by atoms with Crippen LogP contribution in [0.3, 0.4) is 0 Å². The van der Waals surface area contributed by atoms with Crippen LogP contribution < -0.4 is 10.1 Å². The Bertz CT molecular complexity index is 1180. The molecule has 4 aromatic rings. The number of carbonyl (C=O) groups excluding carboxylic acids is 1. The number of nitrogens with one attached hydrogen (secondary N) is 2. The lowest BCUT2D eigenvalue weighted by atomic mass is 9.90. The molecule has 0 radical (unpaired) electrons. The van der Waals surface area contributed by atoms with Gasteiger partial charge in [0.15, 0.2) is 0 Å². The molecule has 0 amide bonds. The number of benzene rings is 3. The van der Waals surface area contributed by atoms with E-state index in [1.54, 1.807) is 0 Å². The van der Waals surface area contributed by atoms with Crippen LogP contribution in [0.5, 0.6) is 11.5 Å². The topological polar surface area (TPSA) is 63.4 Å². The number of esters is 1. The molecule has 2 N–H and O–H groups in total. The Hall–Kier alpha value is -3.57. The van der Waals surface area contributed by atoms with Crippen LogP contribution in [0, 0.1) is 0 Å². The van der Waals surface area contributed by atoms with Crippen molar-refractivity contribution >= 4 is 16.9 Å². The van der Waals surface area contributed by atoms with E-state index in [0.717, 1.165) is 39.2 Å². The number of H-pyrrole nitrogens is 1. The van der Waals surface area contributed by atoms with Crippen molar-refractivity contribution in [3.05, 3.63) is 95.7 Å². The number of rotatable bonds is 4. The van der Waals surface area contributed by atoms with Crippen molar-refractivity contribution in [3.63, 3.8) is 0 Å². The van der Waals surface area contributed by atoms with Crippen molar-refractivity contribution in [2.45, 2.75) is 18.5 Å². The summed E-state index contributed by atoms with van der Waals surface area (Å²) in [5.74, 6) is 1.31. The van der Waals surface area contributed by atoms with Crippen LogP contribution in [0.15, 0.2) is 78.9 Å². The lowest BCUT2D eigenvalue weighted by Crippen LogP contribution is -2.45. The van der Waals surface area contributed by atoms with E-state index in [9.17, 15) is 4.79 Å². The number of aromatic amines is 1. The molecule has 1 aromatic heterocycles. The summed E-state index contributed by atoms with van der Waals surface area (Å²) >= 11 is 0. The van der Waals surface area contributed by atoms with E-state index in [1.165, 1.54) is 7.11 Å². The summed E-state index contributed by atoms with van der Waals surface area (Å²) in [4.78, 5) is 15.9. The predicted octanol–water partition coefficient (Wildman–Crippen LogP) is 4.74. The average Bonchev–Trinajstić information content (AvgIpc) is 3.18. The molecule has 5 rings (SSSR count). The standard InChI is InChI=1S/C25H22N2O3/c1-29-25(28)22-15-20-19-9-5-6-10-21(19)26-24(20)23(27-22)16-11-13-18(14-12-16)30-17-7-3-2-4-8-17/h2-14,22-23,26-27H,15H2,1H3. The molecule has 0 bridgehead atoms. The molecule has 0 aliphatic carbocycles. The maximum atomic E-state index is 12.4. The van der Waals surface area contributed by atoms with Crippen molar-refractivity contribution in [2.75, 3.05) is 7.11 Å². The SMILES string of the molecule is COC(=O)C1Cc2c([nH]c3ccccc23)C(c2ccc(Oc3ccccc3)cc2)N1. The lowest BCUT2D eigenvalue weighted by Gasteiger charge is -2.30. The van der Waals surface area contributed by atoms with Crippen LogP contribution in [0.2, 0.25) is 0 Å². The van der Waals surface area contributed by atoms with E-state index in [-0.39, 0.29) is 12.0 Å². The summed E-state index contributed by atoms with van der Waals surface area (Å²) in [6.45, 7) is 0. The molecule has 5 nitrogen and oxygen atoms in total. The molecule has 0 spiro atoms. The lowest BCUT2D eigenvalue weighted by molar-refractivity contribution is -0.143. The van der Waals surface area contributed by atoms with Gasteiger partial charge in [-0.05, 0) is 41.5 Å². The molecular formula is C25H22N2O3. The molecule has 1 aliphatic heterocycles. The van der Waals surface area contributed by atoms with Gasteiger partial charge in [0.1, 0.15) is 17.5 Å². The first-order chi connectivity index (χ1) is 14.7. The number of hydrogen-bond acceptors (Lipinski definition) is 4. The van der Waals surface area contributed by atoms with Gasteiger partial charge in [0.2, 0.25) is 0 Å². The van der Waals surface area contributed by atoms with Gasteiger partial charge in [0.25, 0.3) is 0 Å². The third kappa shape index (κ3) is 3.33. The molecule has 0 saturated carbocycles. The average molecular weight is 398 g/mol. The van der Waals surface area contributed by atoms with Crippen molar-refractivity contribution < 1.29 is 14.3 Å². The number of carbonyl (C=O) groups is 1. The molecule has 0 saturated heterocycles. The normalized spacial score (nSPS) is 18.0. The van der Waals surface area contributed by atoms with Crippen molar-refractivity contribution in [2.24, 2.45) is 0 Å². The Kier molecular flexibility index (Phi) is 4.73. The molecule has 2 heterocycles. The fourth-order valence-electron chi connectivity index (χ4n) is 4.14. The summed E-state index contributed by atoms with van der Waals surface area (Å²) in [7, 11) is 1.43. The first-order valence-electron chi connectivity index (χ1n) is 9.99. The number of aromatic nitrogens is 1. The van der Waals surface area contributed by atoms with Crippen LogP contribution in [0.4, 0.5) is 0 Å². The predicted molar refractivity (Wildman–Crippen MR) is 116 cm³/mol. The number of methoxy groups -OCH3 is 1. The smallest absolute Gasteiger partial charge is 0.323 e. The third-order valence-corrected chi connectivity index (χ3v) is 5.59. The molecule has 3 aromatic carbocycles. The monoisotopic (exact) mass is 398 g/mol. The minimum Gasteiger partial charge on any atom is -0.468 e. The van der Waals surface area contributed by atoms with Crippen LogP contribution >= 0.6 is 0 Å². The molecule has 5 heteroatoms. The van der Waals surface area contributed by atoms with Crippen LogP contribution in [0.1, 0.15) is 22.9 Å². The summed E-state index contributed by atoms with van der Waals surface area (Å²) in [5.41, 5.74) is 4.38. The largest absolute Gasteiger partial charge is 0.468 e. The Morgan fingerprint density at radius 1 is 0.900 bits per heavy atom. The maximum absolute atomic E-state index is 12.4. The van der Waals surface area contributed by atoms with Gasteiger partial charge < -0.3 is 14.5 Å². The van der Waals surface area contributed by atoms with Crippen LogP contribution in [-0.4, -0.2) is 24.1 Å². The van der Waals surface area contributed by atoms with E-state index in [2.05, 4.69) is 22.4 Å². The van der Waals surface area contributed by atoms with Crippen molar-refractivity contribution in [1.82, 2.24) is 10.3 Å². The second-order valence-electron chi connectivity index (χ2n) is 7.43. The second kappa shape index (κ2) is 7.69. The molecule has 150 valence electrons. The second-order valence-corrected chi connectivity index (χ2v) is 7.43. The highest BCUT2D eigenvalue weighted by atomic mass is 16.5. The Labute approximate surface area is 174 Å². The van der Waals surface area contributed by atoms with Gasteiger partial charge in [0, 0.05) is 23.0 Å². The zero-order chi connectivity index (χ0) is 20.5. The quantitative estimate of drug-likeness (QED) is 0.488. The minimum absolute atomic E-state index is 0.143. The summed E-state index contributed by atoms with van der Waals surface area (Å²) in [6, 6.07) is 25.3. The third-order valence-electron chi connectivity index (χ3n) is 5.59. The highest BCUT2D eigenvalue weighted by Crippen LogP contribution is 2.36. The van der Waals surface area contributed by atoms with Gasteiger partial charge in [0.05, 0.1) is 13.2 Å². The van der Waals surface area contributed by atoms with Gasteiger partial charge in [-0.3, -0.25) is 10.1 Å². The molecule has 0 fully saturated rings. The first-order valence-corrected chi connectivity index (χ1v) is 9.99. The molecular weight excluding hydrogens is 376 g/mol. The van der Waals surface area contributed by atoms with E-state index in [1.807, 2.05) is 66.7 Å². The summed E-state index contributed by atoms with van der Waals surface area (Å²) in [6.07, 6.45) is 0.595. The van der Waals surface area contributed by atoms with Crippen LogP contribution in [0.25, 0.3) is 10.9 Å². The maximum Gasteiger partial charge on any atom is 0.323 e. The summed E-state index contributed by atoms with van der Waals surface area (Å²) < 4.78 is 10.9. The minimum atomic E-state index is -0.396.